The van der Waals surface area contributed by atoms with E-state index in [1.165, 1.54) is 12.1 Å². The molecule has 0 radical (unpaired) electrons. The first-order valence-corrected chi connectivity index (χ1v) is 7.61. The number of carboxylic acids is 1. The lowest BCUT2D eigenvalue weighted by Crippen LogP contribution is -2.33. The number of carboxylic acid groups (broad SMARTS) is 1. The molecule has 0 atom stereocenters. The Hall–Kier alpha value is -1.76. The van der Waals surface area contributed by atoms with Gasteiger partial charge in [-0.2, -0.15) is 0 Å². The molecule has 2 N–H and O–H groups in total. The largest absolute Gasteiger partial charge is 0.492 e. The maximum Gasteiger partial charge on any atom is 0.407 e. The highest BCUT2D eigenvalue weighted by molar-refractivity contribution is 9.10. The number of benzene rings is 1. The molecule has 1 amide bonds. The Kier molecular flexibility index (Phi) is 6.67. The number of carbonyl (C=O) groups excluding carboxylic acids is 1. The van der Waals surface area contributed by atoms with E-state index in [0.29, 0.717) is 29.8 Å². The normalized spacial score (nSPS) is 10.9. The van der Waals surface area contributed by atoms with Crippen molar-refractivity contribution in [2.45, 2.75) is 32.8 Å². The summed E-state index contributed by atoms with van der Waals surface area (Å²) in [6.45, 7) is 6.14. The molecule has 0 heterocycles. The first-order chi connectivity index (χ1) is 10.2. The van der Waals surface area contributed by atoms with Crippen molar-refractivity contribution in [1.29, 1.82) is 0 Å². The van der Waals surface area contributed by atoms with Crippen molar-refractivity contribution in [3.63, 3.8) is 0 Å². The number of amides is 1. The van der Waals surface area contributed by atoms with Crippen LogP contribution in [-0.2, 0) is 4.74 Å². The predicted molar refractivity (Wildman–Crippen MR) is 85.5 cm³/mol. The molecule has 0 spiro atoms. The Labute approximate surface area is 137 Å². The summed E-state index contributed by atoms with van der Waals surface area (Å²) in [5.74, 6) is -0.555. The molecule has 22 heavy (non-hydrogen) atoms. The maximum atomic E-state index is 11.4. The van der Waals surface area contributed by atoms with Gasteiger partial charge in [0, 0.05) is 6.54 Å². The van der Waals surface area contributed by atoms with E-state index >= 15 is 0 Å². The summed E-state index contributed by atoms with van der Waals surface area (Å²) in [4.78, 5) is 22.3. The number of nitrogens with one attached hydrogen (secondary N) is 1. The van der Waals surface area contributed by atoms with E-state index in [1.807, 2.05) is 0 Å². The first-order valence-electron chi connectivity index (χ1n) is 6.81. The van der Waals surface area contributed by atoms with Crippen molar-refractivity contribution in [2.75, 3.05) is 13.2 Å². The van der Waals surface area contributed by atoms with Gasteiger partial charge >= 0.3 is 12.1 Å². The van der Waals surface area contributed by atoms with Crippen LogP contribution >= 0.6 is 15.9 Å². The molecule has 0 saturated heterocycles. The Balaban J connectivity index is 2.35. The van der Waals surface area contributed by atoms with E-state index < -0.39 is 17.7 Å². The lowest BCUT2D eigenvalue weighted by molar-refractivity contribution is 0.0524. The van der Waals surface area contributed by atoms with Crippen LogP contribution in [0.25, 0.3) is 0 Å². The van der Waals surface area contributed by atoms with Crippen LogP contribution in [0.3, 0.4) is 0 Å². The van der Waals surface area contributed by atoms with Crippen LogP contribution < -0.4 is 10.1 Å². The van der Waals surface area contributed by atoms with E-state index in [1.54, 1.807) is 26.8 Å². The van der Waals surface area contributed by atoms with Gasteiger partial charge in [-0.05, 0) is 61.3 Å². The zero-order valence-corrected chi connectivity index (χ0v) is 14.4. The molecule has 0 aliphatic carbocycles. The number of alkyl carbamates (subject to hydrolysis) is 1. The molecule has 1 rings (SSSR count). The molecular weight excluding hydrogens is 354 g/mol. The Bertz CT molecular complexity index is 539. The number of rotatable bonds is 6. The van der Waals surface area contributed by atoms with Crippen LogP contribution in [0.4, 0.5) is 4.79 Å². The summed E-state index contributed by atoms with van der Waals surface area (Å²) in [6.07, 6.45) is 0.102. The maximum absolute atomic E-state index is 11.4. The average Bonchev–Trinajstić information content (AvgIpc) is 2.37. The van der Waals surface area contributed by atoms with Crippen molar-refractivity contribution >= 4 is 28.0 Å². The molecule has 7 heteroatoms. The van der Waals surface area contributed by atoms with Crippen LogP contribution in [0, 0.1) is 0 Å². The average molecular weight is 374 g/mol. The van der Waals surface area contributed by atoms with Gasteiger partial charge in [-0.3, -0.25) is 0 Å². The molecular formula is C15H20BrNO5. The minimum absolute atomic E-state index is 0.157. The number of hydrogen-bond donors (Lipinski definition) is 2. The van der Waals surface area contributed by atoms with Gasteiger partial charge in [-0.15, -0.1) is 0 Å². The summed E-state index contributed by atoms with van der Waals surface area (Å²) < 4.78 is 11.3. The second kappa shape index (κ2) is 8.03. The highest BCUT2D eigenvalue weighted by atomic mass is 79.9. The lowest BCUT2D eigenvalue weighted by Gasteiger charge is -2.19. The van der Waals surface area contributed by atoms with Gasteiger partial charge < -0.3 is 19.9 Å². The van der Waals surface area contributed by atoms with Gasteiger partial charge in [0.15, 0.2) is 0 Å². The summed E-state index contributed by atoms with van der Waals surface area (Å²) in [5.41, 5.74) is -0.368. The SMILES string of the molecule is CC(C)(C)OC(=O)NCCCOc1cc(C(=O)O)ccc1Br. The van der Waals surface area contributed by atoms with Gasteiger partial charge in [0.2, 0.25) is 0 Å². The predicted octanol–water partition coefficient (Wildman–Crippen LogP) is 3.44. The molecule has 0 bridgehead atoms. The third kappa shape index (κ3) is 6.80. The van der Waals surface area contributed by atoms with E-state index in [-0.39, 0.29) is 5.56 Å². The van der Waals surface area contributed by atoms with E-state index in [2.05, 4.69) is 21.2 Å². The molecule has 0 unspecified atom stereocenters. The fourth-order valence-corrected chi connectivity index (χ4v) is 1.87. The fraction of sp³-hybridized carbons (Fsp3) is 0.467. The molecule has 122 valence electrons. The van der Waals surface area contributed by atoms with E-state index in [4.69, 9.17) is 14.6 Å². The van der Waals surface area contributed by atoms with Crippen molar-refractivity contribution in [2.24, 2.45) is 0 Å². The number of hydrogen-bond acceptors (Lipinski definition) is 4. The Morgan fingerprint density at radius 3 is 2.59 bits per heavy atom. The third-order valence-corrected chi connectivity index (χ3v) is 3.08. The van der Waals surface area contributed by atoms with Crippen molar-refractivity contribution in [1.82, 2.24) is 5.32 Å². The number of carbonyl (C=O) groups is 2. The highest BCUT2D eigenvalue weighted by Gasteiger charge is 2.15. The Morgan fingerprint density at radius 2 is 2.00 bits per heavy atom. The van der Waals surface area contributed by atoms with Crippen LogP contribution in [0.2, 0.25) is 0 Å². The van der Waals surface area contributed by atoms with Gasteiger partial charge in [-0.25, -0.2) is 9.59 Å². The zero-order chi connectivity index (χ0) is 16.8. The van der Waals surface area contributed by atoms with Crippen LogP contribution in [0.5, 0.6) is 5.75 Å². The molecule has 0 aliphatic heterocycles. The molecule has 0 fully saturated rings. The van der Waals surface area contributed by atoms with Gasteiger partial charge in [-0.1, -0.05) is 0 Å². The van der Waals surface area contributed by atoms with Crippen LogP contribution in [0.1, 0.15) is 37.6 Å². The molecule has 0 aromatic heterocycles. The standard InChI is InChI=1S/C15H20BrNO5/c1-15(2,3)22-14(20)17-7-4-8-21-12-9-10(13(18)19)5-6-11(12)16/h5-6,9H,4,7-8H2,1-3H3,(H,17,20)(H,18,19). The smallest absolute Gasteiger partial charge is 0.407 e. The third-order valence-electron chi connectivity index (χ3n) is 2.43. The minimum Gasteiger partial charge on any atom is -0.492 e. The summed E-state index contributed by atoms with van der Waals surface area (Å²) >= 11 is 3.30. The highest BCUT2D eigenvalue weighted by Crippen LogP contribution is 2.26. The van der Waals surface area contributed by atoms with Gasteiger partial charge in [0.25, 0.3) is 0 Å². The van der Waals surface area contributed by atoms with Crippen molar-refractivity contribution < 1.29 is 24.2 Å². The molecule has 0 saturated carbocycles. The first kappa shape index (κ1) is 18.3. The molecule has 0 aliphatic rings. The molecule has 6 nitrogen and oxygen atoms in total. The van der Waals surface area contributed by atoms with Crippen molar-refractivity contribution in [3.8, 4) is 5.75 Å². The zero-order valence-electron chi connectivity index (χ0n) is 12.8. The summed E-state index contributed by atoms with van der Waals surface area (Å²) in [7, 11) is 0. The molecule has 1 aromatic carbocycles. The summed E-state index contributed by atoms with van der Waals surface area (Å²) in [5, 5.41) is 11.6. The second-order valence-electron chi connectivity index (χ2n) is 5.58. The van der Waals surface area contributed by atoms with Gasteiger partial charge in [0.05, 0.1) is 16.6 Å². The lowest BCUT2D eigenvalue weighted by atomic mass is 10.2. The quantitative estimate of drug-likeness (QED) is 0.746. The number of ether oxygens (including phenoxy) is 2. The van der Waals surface area contributed by atoms with E-state index in [9.17, 15) is 9.59 Å². The van der Waals surface area contributed by atoms with Crippen LogP contribution in [0.15, 0.2) is 22.7 Å². The Morgan fingerprint density at radius 1 is 1.32 bits per heavy atom. The monoisotopic (exact) mass is 373 g/mol. The number of halogens is 1. The number of aromatic carboxylic acids is 1. The van der Waals surface area contributed by atoms with Crippen LogP contribution in [-0.4, -0.2) is 35.9 Å². The minimum atomic E-state index is -1.01. The van der Waals surface area contributed by atoms with Crippen molar-refractivity contribution in [3.05, 3.63) is 28.2 Å². The van der Waals surface area contributed by atoms with E-state index in [0.717, 1.165) is 0 Å². The van der Waals surface area contributed by atoms with Gasteiger partial charge in [0.1, 0.15) is 11.4 Å². The summed E-state index contributed by atoms with van der Waals surface area (Å²) in [6, 6.07) is 4.56. The molecule has 1 aromatic rings. The fourth-order valence-electron chi connectivity index (χ4n) is 1.51. The topological polar surface area (TPSA) is 84.9 Å². The second-order valence-corrected chi connectivity index (χ2v) is 6.44.